The zero-order chi connectivity index (χ0) is 13.1. The first-order valence-corrected chi connectivity index (χ1v) is 6.16. The molecule has 0 bridgehead atoms. The molecule has 96 valence electrons. The van der Waals surface area contributed by atoms with Gasteiger partial charge in [0.1, 0.15) is 5.72 Å². The van der Waals surface area contributed by atoms with E-state index in [0.29, 0.717) is 12.5 Å². The van der Waals surface area contributed by atoms with Crippen molar-refractivity contribution >= 4 is 5.91 Å². The van der Waals surface area contributed by atoms with Crippen molar-refractivity contribution in [3.05, 3.63) is 24.3 Å². The van der Waals surface area contributed by atoms with Crippen LogP contribution in [0.4, 0.5) is 0 Å². The summed E-state index contributed by atoms with van der Waals surface area (Å²) in [7, 11) is 0. The quantitative estimate of drug-likeness (QED) is 0.558. The molecule has 0 radical (unpaired) electrons. The first kappa shape index (κ1) is 14.0. The topological polar surface area (TPSA) is 29.5 Å². The van der Waals surface area contributed by atoms with Gasteiger partial charge in [0, 0.05) is 6.08 Å². The highest BCUT2D eigenvalue weighted by Crippen LogP contribution is 2.31. The summed E-state index contributed by atoms with van der Waals surface area (Å²) in [5.74, 6) is 0.417. The Bertz CT molecular complexity index is 329. The van der Waals surface area contributed by atoms with Crippen LogP contribution in [0, 0.1) is 5.92 Å². The zero-order valence-corrected chi connectivity index (χ0v) is 11.4. The third-order valence-corrected chi connectivity index (χ3v) is 3.07. The first-order valence-electron chi connectivity index (χ1n) is 6.16. The van der Waals surface area contributed by atoms with Crippen molar-refractivity contribution in [3.63, 3.8) is 0 Å². The Morgan fingerprint density at radius 3 is 2.59 bits per heavy atom. The molecular formula is C14H23NO2. The minimum absolute atomic E-state index is 0.0179. The van der Waals surface area contributed by atoms with Crippen LogP contribution in [-0.4, -0.2) is 29.2 Å². The van der Waals surface area contributed by atoms with Crippen LogP contribution in [0.2, 0.25) is 0 Å². The minimum Gasteiger partial charge on any atom is -0.354 e. The Balaban J connectivity index is 2.86. The van der Waals surface area contributed by atoms with E-state index in [1.165, 1.54) is 0 Å². The van der Waals surface area contributed by atoms with E-state index in [2.05, 4.69) is 13.8 Å². The monoisotopic (exact) mass is 237 g/mol. The van der Waals surface area contributed by atoms with E-state index >= 15 is 0 Å². The zero-order valence-electron chi connectivity index (χ0n) is 11.4. The van der Waals surface area contributed by atoms with E-state index in [1.807, 2.05) is 37.8 Å². The van der Waals surface area contributed by atoms with E-state index in [1.54, 1.807) is 12.2 Å². The van der Waals surface area contributed by atoms with E-state index < -0.39 is 5.72 Å². The average Bonchev–Trinajstić information content (AvgIpc) is 2.54. The van der Waals surface area contributed by atoms with Crippen molar-refractivity contribution in [3.8, 4) is 0 Å². The molecule has 0 unspecified atom stereocenters. The Labute approximate surface area is 104 Å². The number of carbonyl (C=O) groups excluding carboxylic acids is 1. The molecule has 1 amide bonds. The number of hydrogen-bond acceptors (Lipinski definition) is 2. The predicted molar refractivity (Wildman–Crippen MR) is 69.5 cm³/mol. The van der Waals surface area contributed by atoms with Gasteiger partial charge in [0.05, 0.1) is 12.6 Å². The van der Waals surface area contributed by atoms with Crippen molar-refractivity contribution in [2.24, 2.45) is 5.92 Å². The molecule has 0 spiro atoms. The van der Waals surface area contributed by atoms with Gasteiger partial charge in [0.2, 0.25) is 5.91 Å². The van der Waals surface area contributed by atoms with Gasteiger partial charge in [0.15, 0.2) is 0 Å². The Morgan fingerprint density at radius 1 is 1.41 bits per heavy atom. The molecule has 0 saturated carbocycles. The number of hydrogen-bond donors (Lipinski definition) is 0. The maximum atomic E-state index is 12.2. The number of ether oxygens (including phenoxy) is 1. The Morgan fingerprint density at radius 2 is 2.06 bits per heavy atom. The van der Waals surface area contributed by atoms with Crippen LogP contribution in [0.5, 0.6) is 0 Å². The third-order valence-electron chi connectivity index (χ3n) is 3.07. The summed E-state index contributed by atoms with van der Waals surface area (Å²) in [4.78, 5) is 14.0. The van der Waals surface area contributed by atoms with Crippen molar-refractivity contribution in [2.75, 3.05) is 6.61 Å². The van der Waals surface area contributed by atoms with Gasteiger partial charge in [-0.1, -0.05) is 32.1 Å². The van der Waals surface area contributed by atoms with Crippen LogP contribution in [-0.2, 0) is 9.53 Å². The molecule has 1 aliphatic heterocycles. The van der Waals surface area contributed by atoms with Gasteiger partial charge in [-0.2, -0.15) is 0 Å². The highest BCUT2D eigenvalue weighted by Gasteiger charge is 2.43. The van der Waals surface area contributed by atoms with Gasteiger partial charge in [-0.25, -0.2) is 0 Å². The minimum atomic E-state index is -0.508. The standard InChI is InChI=1S/C14H23NO2/c1-6-7-8-9-13(16)15-12(11(2)3)10-17-14(15,4)5/h6-9,11-12H,10H2,1-5H3/b7-6+,9-8+/t12-/m1/s1. The smallest absolute Gasteiger partial charge is 0.249 e. The molecule has 1 aliphatic rings. The van der Waals surface area contributed by atoms with Crippen molar-refractivity contribution < 1.29 is 9.53 Å². The maximum Gasteiger partial charge on any atom is 0.249 e. The molecular weight excluding hydrogens is 214 g/mol. The van der Waals surface area contributed by atoms with Crippen molar-refractivity contribution in [1.29, 1.82) is 0 Å². The summed E-state index contributed by atoms with van der Waals surface area (Å²) in [6.45, 7) is 10.7. The summed E-state index contributed by atoms with van der Waals surface area (Å²) in [6.07, 6.45) is 7.13. The van der Waals surface area contributed by atoms with Gasteiger partial charge in [-0.15, -0.1) is 0 Å². The second-order valence-corrected chi connectivity index (χ2v) is 5.16. The molecule has 0 aromatic rings. The molecule has 3 heteroatoms. The van der Waals surface area contributed by atoms with E-state index in [-0.39, 0.29) is 11.9 Å². The van der Waals surface area contributed by atoms with E-state index in [4.69, 9.17) is 4.74 Å². The third kappa shape index (κ3) is 3.19. The second-order valence-electron chi connectivity index (χ2n) is 5.16. The summed E-state index contributed by atoms with van der Waals surface area (Å²) in [6, 6.07) is 0.160. The molecule has 17 heavy (non-hydrogen) atoms. The number of amides is 1. The summed E-state index contributed by atoms with van der Waals surface area (Å²) in [5.41, 5.74) is -0.508. The molecule has 0 aromatic heterocycles. The van der Waals surface area contributed by atoms with Crippen LogP contribution in [0.3, 0.4) is 0 Å². The Kier molecular flexibility index (Phi) is 4.52. The largest absolute Gasteiger partial charge is 0.354 e. The molecule has 0 aromatic carbocycles. The van der Waals surface area contributed by atoms with Gasteiger partial charge < -0.3 is 9.64 Å². The molecule has 1 atom stereocenters. The van der Waals surface area contributed by atoms with E-state index in [9.17, 15) is 4.79 Å². The summed E-state index contributed by atoms with van der Waals surface area (Å²) in [5, 5.41) is 0. The van der Waals surface area contributed by atoms with Crippen LogP contribution >= 0.6 is 0 Å². The average molecular weight is 237 g/mol. The number of allylic oxidation sites excluding steroid dienone is 3. The summed E-state index contributed by atoms with van der Waals surface area (Å²) >= 11 is 0. The molecule has 1 heterocycles. The second kappa shape index (κ2) is 5.50. The number of rotatable bonds is 3. The SMILES string of the molecule is C/C=C/C=C/C(=O)N1[C@@H](C(C)C)COC1(C)C. The van der Waals surface area contributed by atoms with Gasteiger partial charge in [0.25, 0.3) is 0 Å². The van der Waals surface area contributed by atoms with Crippen LogP contribution in [0.25, 0.3) is 0 Å². The van der Waals surface area contributed by atoms with Crippen molar-refractivity contribution in [2.45, 2.75) is 46.4 Å². The lowest BCUT2D eigenvalue weighted by molar-refractivity contribution is -0.141. The van der Waals surface area contributed by atoms with Crippen LogP contribution in [0.15, 0.2) is 24.3 Å². The molecule has 1 rings (SSSR count). The lowest BCUT2D eigenvalue weighted by atomic mass is 10.0. The molecule has 1 fully saturated rings. The van der Waals surface area contributed by atoms with Crippen LogP contribution in [0.1, 0.15) is 34.6 Å². The highest BCUT2D eigenvalue weighted by molar-refractivity contribution is 5.88. The highest BCUT2D eigenvalue weighted by atomic mass is 16.5. The van der Waals surface area contributed by atoms with E-state index in [0.717, 1.165) is 0 Å². The van der Waals surface area contributed by atoms with Gasteiger partial charge >= 0.3 is 0 Å². The number of carbonyl (C=O) groups is 1. The molecule has 0 N–H and O–H groups in total. The fourth-order valence-corrected chi connectivity index (χ4v) is 2.08. The molecule has 1 saturated heterocycles. The lowest BCUT2D eigenvalue weighted by Crippen LogP contribution is -2.48. The Hall–Kier alpha value is -1.09. The first-order chi connectivity index (χ1) is 7.90. The van der Waals surface area contributed by atoms with Gasteiger partial charge in [-0.3, -0.25) is 4.79 Å². The molecule has 3 nitrogen and oxygen atoms in total. The summed E-state index contributed by atoms with van der Waals surface area (Å²) < 4.78 is 5.71. The van der Waals surface area contributed by atoms with Gasteiger partial charge in [-0.05, 0) is 26.7 Å². The van der Waals surface area contributed by atoms with Crippen LogP contribution < -0.4 is 0 Å². The normalized spacial score (nSPS) is 24.4. The number of nitrogens with zero attached hydrogens (tertiary/aromatic N) is 1. The van der Waals surface area contributed by atoms with Crippen molar-refractivity contribution in [1.82, 2.24) is 4.90 Å². The predicted octanol–water partition coefficient (Wildman–Crippen LogP) is 2.74. The molecule has 0 aliphatic carbocycles. The maximum absolute atomic E-state index is 12.2. The fraction of sp³-hybridized carbons (Fsp3) is 0.643. The fourth-order valence-electron chi connectivity index (χ4n) is 2.08. The lowest BCUT2D eigenvalue weighted by Gasteiger charge is -2.34.